The maximum atomic E-state index is 13.2. The highest BCUT2D eigenvalue weighted by molar-refractivity contribution is 7.93. The summed E-state index contributed by atoms with van der Waals surface area (Å²) in [5.41, 5.74) is 0.341. The van der Waals surface area contributed by atoms with Gasteiger partial charge in [0.05, 0.1) is 17.3 Å². The van der Waals surface area contributed by atoms with Crippen LogP contribution in [0.3, 0.4) is 0 Å². The van der Waals surface area contributed by atoms with Crippen LogP contribution in [0.15, 0.2) is 60.0 Å². The van der Waals surface area contributed by atoms with E-state index in [1.165, 1.54) is 36.4 Å². The van der Waals surface area contributed by atoms with Gasteiger partial charge in [0.15, 0.2) is 0 Å². The highest BCUT2D eigenvalue weighted by Gasteiger charge is 2.27. The number of carbonyl (C=O) groups is 1. The predicted molar refractivity (Wildman–Crippen MR) is 107 cm³/mol. The third-order valence-corrected chi connectivity index (χ3v) is 6.07. The van der Waals surface area contributed by atoms with E-state index in [1.54, 1.807) is 0 Å². The van der Waals surface area contributed by atoms with Crippen molar-refractivity contribution < 1.29 is 22.7 Å². The number of benzene rings is 2. The summed E-state index contributed by atoms with van der Waals surface area (Å²) in [5, 5.41) is 11.3. The molecule has 0 saturated carbocycles. The van der Waals surface area contributed by atoms with E-state index in [0.717, 1.165) is 16.4 Å². The van der Waals surface area contributed by atoms with Crippen LogP contribution in [0.4, 0.5) is 10.1 Å². The maximum Gasteiger partial charge on any atom is 0.266 e. The van der Waals surface area contributed by atoms with E-state index in [1.807, 2.05) is 0 Å². The summed E-state index contributed by atoms with van der Waals surface area (Å²) in [7, 11) is -4.15. The Morgan fingerprint density at radius 1 is 1.25 bits per heavy atom. The molecule has 2 rings (SSSR count). The van der Waals surface area contributed by atoms with E-state index in [0.29, 0.717) is 6.42 Å². The molecule has 2 N–H and O–H groups in total. The Bertz CT molecular complexity index is 949. The zero-order valence-electron chi connectivity index (χ0n) is 14.9. The summed E-state index contributed by atoms with van der Waals surface area (Å²) in [6.07, 6.45) is 1.77. The van der Waals surface area contributed by atoms with Gasteiger partial charge in [-0.2, -0.15) is 0 Å². The molecule has 0 bridgehead atoms. The van der Waals surface area contributed by atoms with Gasteiger partial charge in [-0.3, -0.25) is 9.10 Å². The summed E-state index contributed by atoms with van der Waals surface area (Å²) in [6.45, 7) is 3.66. The first kappa shape index (κ1) is 21.9. The van der Waals surface area contributed by atoms with Crippen molar-refractivity contribution in [2.45, 2.75) is 11.3 Å². The van der Waals surface area contributed by atoms with E-state index >= 15 is 0 Å². The fraction of sp³-hybridized carbons (Fsp3) is 0.211. The lowest BCUT2D eigenvalue weighted by Crippen LogP contribution is -2.32. The lowest BCUT2D eigenvalue weighted by molar-refractivity contribution is 0.0951. The van der Waals surface area contributed by atoms with Crippen LogP contribution in [-0.4, -0.2) is 39.1 Å². The second kappa shape index (κ2) is 9.68. The molecular formula is C19H20ClFN2O4S. The number of halogens is 2. The molecule has 2 aromatic carbocycles. The monoisotopic (exact) mass is 426 g/mol. The summed E-state index contributed by atoms with van der Waals surface area (Å²) in [6, 6.07) is 8.87. The van der Waals surface area contributed by atoms with E-state index < -0.39 is 21.7 Å². The minimum atomic E-state index is -4.15. The first-order valence-electron chi connectivity index (χ1n) is 8.39. The Morgan fingerprint density at radius 2 is 1.93 bits per heavy atom. The van der Waals surface area contributed by atoms with Crippen LogP contribution in [0.5, 0.6) is 0 Å². The first-order chi connectivity index (χ1) is 13.3. The SMILES string of the molecule is C=CCN(c1ccc(F)cc1)S(=O)(=O)c1cc(C(=O)NCCCO)ccc1Cl. The number of hydrogen-bond donors (Lipinski definition) is 2. The standard InChI is InChI=1S/C19H20ClFN2O4S/c1-2-11-23(16-7-5-15(21)6-8-16)28(26,27)18-13-14(4-9-17(18)20)19(25)22-10-3-12-24/h2,4-9,13,24H,1,3,10-12H2,(H,22,25). The summed E-state index contributed by atoms with van der Waals surface area (Å²) >= 11 is 6.11. The minimum Gasteiger partial charge on any atom is -0.396 e. The van der Waals surface area contributed by atoms with Crippen molar-refractivity contribution in [2.75, 3.05) is 24.0 Å². The Kier molecular flexibility index (Phi) is 7.56. The molecule has 0 unspecified atom stereocenters. The van der Waals surface area contributed by atoms with Crippen LogP contribution in [0.1, 0.15) is 16.8 Å². The molecule has 0 fully saturated rings. The number of rotatable bonds is 9. The van der Waals surface area contributed by atoms with Crippen molar-refractivity contribution >= 4 is 33.2 Å². The number of nitrogens with zero attached hydrogens (tertiary/aromatic N) is 1. The number of aliphatic hydroxyl groups is 1. The van der Waals surface area contributed by atoms with Crippen LogP contribution in [0.2, 0.25) is 5.02 Å². The van der Waals surface area contributed by atoms with Gasteiger partial charge in [0.25, 0.3) is 15.9 Å². The predicted octanol–water partition coefficient (Wildman–Crippen LogP) is 2.97. The van der Waals surface area contributed by atoms with Crippen molar-refractivity contribution in [3.63, 3.8) is 0 Å². The molecule has 6 nitrogen and oxygen atoms in total. The van der Waals surface area contributed by atoms with E-state index in [2.05, 4.69) is 11.9 Å². The van der Waals surface area contributed by atoms with Crippen molar-refractivity contribution in [2.24, 2.45) is 0 Å². The topological polar surface area (TPSA) is 86.7 Å². The molecule has 0 aromatic heterocycles. The average Bonchev–Trinajstić information content (AvgIpc) is 2.67. The third kappa shape index (κ3) is 5.09. The van der Waals surface area contributed by atoms with Gasteiger partial charge in [0.1, 0.15) is 10.7 Å². The Labute approximate surface area is 168 Å². The van der Waals surface area contributed by atoms with Crippen LogP contribution < -0.4 is 9.62 Å². The normalized spacial score (nSPS) is 11.1. The van der Waals surface area contributed by atoms with Crippen LogP contribution >= 0.6 is 11.6 Å². The Balaban J connectivity index is 2.44. The van der Waals surface area contributed by atoms with E-state index in [4.69, 9.17) is 16.7 Å². The maximum absolute atomic E-state index is 13.2. The smallest absolute Gasteiger partial charge is 0.266 e. The fourth-order valence-electron chi connectivity index (χ4n) is 2.41. The summed E-state index contributed by atoms with van der Waals surface area (Å²) in [4.78, 5) is 12.0. The van der Waals surface area contributed by atoms with Crippen molar-refractivity contribution in [3.05, 3.63) is 71.5 Å². The van der Waals surface area contributed by atoms with Crippen LogP contribution in [-0.2, 0) is 10.0 Å². The molecule has 9 heteroatoms. The highest BCUT2D eigenvalue weighted by Crippen LogP contribution is 2.29. The number of nitrogens with one attached hydrogen (secondary N) is 1. The Hall–Kier alpha value is -2.42. The van der Waals surface area contributed by atoms with Crippen LogP contribution in [0.25, 0.3) is 0 Å². The summed E-state index contributed by atoms with van der Waals surface area (Å²) in [5.74, 6) is -0.988. The molecule has 2 aromatic rings. The fourth-order valence-corrected chi connectivity index (χ4v) is 4.35. The number of anilines is 1. The second-order valence-electron chi connectivity index (χ2n) is 5.78. The molecule has 0 spiro atoms. The molecule has 0 heterocycles. The molecule has 28 heavy (non-hydrogen) atoms. The molecule has 0 aliphatic heterocycles. The lowest BCUT2D eigenvalue weighted by Gasteiger charge is -2.24. The van der Waals surface area contributed by atoms with Gasteiger partial charge < -0.3 is 10.4 Å². The van der Waals surface area contributed by atoms with Gasteiger partial charge in [0.2, 0.25) is 0 Å². The van der Waals surface area contributed by atoms with Gasteiger partial charge in [-0.25, -0.2) is 12.8 Å². The third-order valence-electron chi connectivity index (χ3n) is 3.79. The van der Waals surface area contributed by atoms with Gasteiger partial charge in [-0.1, -0.05) is 17.7 Å². The lowest BCUT2D eigenvalue weighted by atomic mass is 10.2. The van der Waals surface area contributed by atoms with E-state index in [9.17, 15) is 17.6 Å². The molecule has 1 amide bonds. The molecule has 0 atom stereocenters. The van der Waals surface area contributed by atoms with E-state index in [-0.39, 0.29) is 40.9 Å². The highest BCUT2D eigenvalue weighted by atomic mass is 35.5. The molecular weight excluding hydrogens is 407 g/mol. The number of sulfonamides is 1. The largest absolute Gasteiger partial charge is 0.396 e. The molecule has 0 aliphatic carbocycles. The van der Waals surface area contributed by atoms with Crippen LogP contribution in [0, 0.1) is 5.82 Å². The van der Waals surface area contributed by atoms with Crippen molar-refractivity contribution in [1.82, 2.24) is 5.32 Å². The summed E-state index contributed by atoms with van der Waals surface area (Å²) < 4.78 is 40.6. The minimum absolute atomic E-state index is 0.0527. The number of aliphatic hydroxyl groups excluding tert-OH is 1. The molecule has 0 aliphatic rings. The zero-order valence-corrected chi connectivity index (χ0v) is 16.5. The van der Waals surface area contributed by atoms with Gasteiger partial charge in [-0.15, -0.1) is 6.58 Å². The molecule has 150 valence electrons. The second-order valence-corrected chi connectivity index (χ2v) is 8.02. The first-order valence-corrected chi connectivity index (χ1v) is 10.2. The quantitative estimate of drug-likeness (QED) is 0.476. The van der Waals surface area contributed by atoms with Crippen molar-refractivity contribution in [3.8, 4) is 0 Å². The van der Waals surface area contributed by atoms with Gasteiger partial charge >= 0.3 is 0 Å². The van der Waals surface area contributed by atoms with Crippen molar-refractivity contribution in [1.29, 1.82) is 0 Å². The Morgan fingerprint density at radius 3 is 2.54 bits per heavy atom. The number of carbonyl (C=O) groups excluding carboxylic acids is 1. The van der Waals surface area contributed by atoms with Gasteiger partial charge in [-0.05, 0) is 48.9 Å². The molecule has 0 radical (unpaired) electrons. The number of amides is 1. The zero-order chi connectivity index (χ0) is 20.7. The molecule has 0 saturated heterocycles. The number of hydrogen-bond acceptors (Lipinski definition) is 4. The average molecular weight is 427 g/mol. The van der Waals surface area contributed by atoms with Gasteiger partial charge in [0, 0.05) is 18.7 Å².